The molecule has 0 radical (unpaired) electrons. The number of hydrogen-bond donors (Lipinski definition) is 1. The quantitative estimate of drug-likeness (QED) is 0.760. The van der Waals surface area contributed by atoms with Crippen molar-refractivity contribution >= 4 is 22.0 Å². The van der Waals surface area contributed by atoms with Crippen molar-refractivity contribution in [3.05, 3.63) is 29.8 Å². The van der Waals surface area contributed by atoms with Gasteiger partial charge in [0, 0.05) is 26.2 Å². The van der Waals surface area contributed by atoms with E-state index in [1.807, 2.05) is 6.92 Å². The van der Waals surface area contributed by atoms with Crippen LogP contribution >= 0.6 is 0 Å². The average Bonchev–Trinajstić information content (AvgIpc) is 3.37. The molecule has 1 unspecified atom stereocenters. The van der Waals surface area contributed by atoms with Crippen LogP contribution in [0.25, 0.3) is 6.08 Å². The molecule has 1 aromatic carbocycles. The van der Waals surface area contributed by atoms with Crippen LogP contribution < -0.4 is 10.1 Å². The summed E-state index contributed by atoms with van der Waals surface area (Å²) in [6.45, 7) is 2.00. The lowest BCUT2D eigenvalue weighted by Gasteiger charge is -2.15. The van der Waals surface area contributed by atoms with Gasteiger partial charge in [-0.25, -0.2) is 12.7 Å². The van der Waals surface area contributed by atoms with Crippen LogP contribution in [0.15, 0.2) is 29.2 Å². The number of rotatable bonds is 7. The fourth-order valence-corrected chi connectivity index (χ4v) is 3.44. The van der Waals surface area contributed by atoms with Crippen molar-refractivity contribution in [2.24, 2.45) is 5.92 Å². The molecule has 1 amide bonds. The van der Waals surface area contributed by atoms with Gasteiger partial charge in [-0.15, -0.1) is 0 Å². The molecule has 1 fully saturated rings. The molecule has 1 aliphatic rings. The number of carbonyl (C=O) groups excluding carboxylic acids is 1. The van der Waals surface area contributed by atoms with Crippen LogP contribution in [0.2, 0.25) is 0 Å². The molecule has 0 aromatic heterocycles. The molecule has 7 heteroatoms. The number of carbonyl (C=O) groups is 1. The normalized spacial score (nSPS) is 16.4. The van der Waals surface area contributed by atoms with Crippen molar-refractivity contribution < 1.29 is 17.9 Å². The summed E-state index contributed by atoms with van der Waals surface area (Å²) in [7, 11) is 0.719. The second-order valence-corrected chi connectivity index (χ2v) is 8.29. The van der Waals surface area contributed by atoms with Gasteiger partial charge in [0.25, 0.3) is 0 Å². The number of nitrogens with zero attached hydrogens (tertiary/aromatic N) is 1. The Balaban J connectivity index is 2.19. The summed E-state index contributed by atoms with van der Waals surface area (Å²) < 4.78 is 31.0. The summed E-state index contributed by atoms with van der Waals surface area (Å²) in [5.41, 5.74) is 0.616. The molecular formula is C17H24N2O4S. The number of methoxy groups -OCH3 is 1. The molecule has 1 aromatic rings. The van der Waals surface area contributed by atoms with Gasteiger partial charge in [0.15, 0.2) is 0 Å². The maximum Gasteiger partial charge on any atom is 0.246 e. The second-order valence-electron chi connectivity index (χ2n) is 6.17. The van der Waals surface area contributed by atoms with Gasteiger partial charge in [0.1, 0.15) is 10.6 Å². The highest BCUT2D eigenvalue weighted by molar-refractivity contribution is 7.89. The summed E-state index contributed by atoms with van der Waals surface area (Å²) in [5, 5.41) is 2.92. The number of hydrogen-bond acceptors (Lipinski definition) is 4. The van der Waals surface area contributed by atoms with Crippen LogP contribution in [0.1, 0.15) is 25.3 Å². The Morgan fingerprint density at radius 2 is 2.04 bits per heavy atom. The molecule has 6 nitrogen and oxygen atoms in total. The van der Waals surface area contributed by atoms with E-state index in [2.05, 4.69) is 5.32 Å². The van der Waals surface area contributed by atoms with Crippen molar-refractivity contribution in [1.82, 2.24) is 9.62 Å². The first-order chi connectivity index (χ1) is 11.3. The fourth-order valence-electron chi connectivity index (χ4n) is 2.35. The molecule has 1 N–H and O–H groups in total. The zero-order valence-electron chi connectivity index (χ0n) is 14.4. The zero-order valence-corrected chi connectivity index (χ0v) is 15.3. The third-order valence-electron chi connectivity index (χ3n) is 4.07. The van der Waals surface area contributed by atoms with Gasteiger partial charge < -0.3 is 10.1 Å². The van der Waals surface area contributed by atoms with Gasteiger partial charge in [0.05, 0.1) is 7.11 Å². The van der Waals surface area contributed by atoms with Gasteiger partial charge in [-0.1, -0.05) is 6.07 Å². The maximum absolute atomic E-state index is 12.4. The highest BCUT2D eigenvalue weighted by atomic mass is 32.2. The summed E-state index contributed by atoms with van der Waals surface area (Å²) in [5.74, 6) is 0.676. The van der Waals surface area contributed by atoms with E-state index in [1.165, 1.54) is 33.3 Å². The average molecular weight is 352 g/mol. The highest BCUT2D eigenvalue weighted by Gasteiger charge is 2.28. The molecule has 0 heterocycles. The molecule has 0 saturated heterocycles. The minimum absolute atomic E-state index is 0.0731. The molecule has 1 aliphatic carbocycles. The van der Waals surface area contributed by atoms with Gasteiger partial charge in [0.2, 0.25) is 15.9 Å². The highest BCUT2D eigenvalue weighted by Crippen LogP contribution is 2.32. The molecule has 2 rings (SSSR count). The third-order valence-corrected chi connectivity index (χ3v) is 5.91. The molecule has 24 heavy (non-hydrogen) atoms. The van der Waals surface area contributed by atoms with E-state index in [0.29, 0.717) is 11.5 Å². The van der Waals surface area contributed by atoms with E-state index in [9.17, 15) is 13.2 Å². The number of nitrogens with one attached hydrogen (secondary N) is 1. The molecule has 0 bridgehead atoms. The van der Waals surface area contributed by atoms with Crippen LogP contribution in [0, 0.1) is 5.92 Å². The minimum Gasteiger partial charge on any atom is -0.495 e. The van der Waals surface area contributed by atoms with Crippen molar-refractivity contribution in [1.29, 1.82) is 0 Å². The molecule has 0 spiro atoms. The van der Waals surface area contributed by atoms with Crippen molar-refractivity contribution in [3.8, 4) is 5.75 Å². The third kappa shape index (κ3) is 4.36. The van der Waals surface area contributed by atoms with Crippen molar-refractivity contribution in [2.75, 3.05) is 21.2 Å². The van der Waals surface area contributed by atoms with Crippen LogP contribution in [-0.2, 0) is 14.8 Å². The number of sulfonamides is 1. The van der Waals surface area contributed by atoms with Crippen LogP contribution in [-0.4, -0.2) is 45.9 Å². The van der Waals surface area contributed by atoms with Crippen LogP contribution in [0.3, 0.4) is 0 Å². The fraction of sp³-hybridized carbons (Fsp3) is 0.471. The van der Waals surface area contributed by atoms with E-state index < -0.39 is 10.0 Å². The first-order valence-corrected chi connectivity index (χ1v) is 9.29. The van der Waals surface area contributed by atoms with Gasteiger partial charge >= 0.3 is 0 Å². The van der Waals surface area contributed by atoms with Gasteiger partial charge in [-0.2, -0.15) is 0 Å². The Bertz CT molecular complexity index is 737. The van der Waals surface area contributed by atoms with Gasteiger partial charge in [-0.3, -0.25) is 4.79 Å². The minimum atomic E-state index is -3.63. The van der Waals surface area contributed by atoms with E-state index in [-0.39, 0.29) is 22.6 Å². The second kappa shape index (κ2) is 7.36. The Labute approximate surface area is 143 Å². The SMILES string of the molecule is COc1ccc(C=CC(=O)NC(C)C2CC2)cc1S(=O)(=O)N(C)C. The lowest BCUT2D eigenvalue weighted by atomic mass is 10.2. The largest absolute Gasteiger partial charge is 0.495 e. The molecule has 132 valence electrons. The number of amides is 1. The predicted octanol–water partition coefficient (Wildman–Crippen LogP) is 1.87. The first-order valence-electron chi connectivity index (χ1n) is 7.85. The smallest absolute Gasteiger partial charge is 0.246 e. The Kier molecular flexibility index (Phi) is 5.66. The summed E-state index contributed by atoms with van der Waals surface area (Å²) in [4.78, 5) is 12.0. The molecular weight excluding hydrogens is 328 g/mol. The standard InChI is InChI=1S/C17H24N2O4S/c1-12(14-7-8-14)18-17(20)10-6-13-5-9-15(23-4)16(11-13)24(21,22)19(2)3/h5-6,9-12,14H,7-8H2,1-4H3,(H,18,20). The first kappa shape index (κ1) is 18.5. The topological polar surface area (TPSA) is 75.7 Å². The Morgan fingerprint density at radius 1 is 1.38 bits per heavy atom. The van der Waals surface area contributed by atoms with E-state index in [0.717, 1.165) is 17.1 Å². The summed E-state index contributed by atoms with van der Waals surface area (Å²) >= 11 is 0. The zero-order chi connectivity index (χ0) is 17.9. The summed E-state index contributed by atoms with van der Waals surface area (Å²) in [6.07, 6.45) is 5.35. The Morgan fingerprint density at radius 3 is 2.58 bits per heavy atom. The molecule has 1 atom stereocenters. The van der Waals surface area contributed by atoms with Crippen LogP contribution in [0.4, 0.5) is 0 Å². The van der Waals surface area contributed by atoms with E-state index >= 15 is 0 Å². The lowest BCUT2D eigenvalue weighted by Crippen LogP contribution is -2.32. The van der Waals surface area contributed by atoms with E-state index in [1.54, 1.807) is 18.2 Å². The monoisotopic (exact) mass is 352 g/mol. The van der Waals surface area contributed by atoms with E-state index in [4.69, 9.17) is 4.74 Å². The Hall–Kier alpha value is -1.86. The molecule has 0 aliphatic heterocycles. The van der Waals surface area contributed by atoms with Crippen LogP contribution in [0.5, 0.6) is 5.75 Å². The molecule has 1 saturated carbocycles. The number of benzene rings is 1. The van der Waals surface area contributed by atoms with Crippen molar-refractivity contribution in [3.63, 3.8) is 0 Å². The van der Waals surface area contributed by atoms with Crippen molar-refractivity contribution in [2.45, 2.75) is 30.7 Å². The lowest BCUT2D eigenvalue weighted by molar-refractivity contribution is -0.117. The van der Waals surface area contributed by atoms with Gasteiger partial charge in [-0.05, 0) is 49.5 Å². The maximum atomic E-state index is 12.4. The predicted molar refractivity (Wildman–Crippen MR) is 93.2 cm³/mol. The summed E-state index contributed by atoms with van der Waals surface area (Å²) in [6, 6.07) is 4.97. The number of ether oxygens (including phenoxy) is 1.